The minimum Gasteiger partial charge on any atom is -0.497 e. The van der Waals surface area contributed by atoms with E-state index in [4.69, 9.17) is 9.84 Å². The number of rotatable bonds is 8. The van der Waals surface area contributed by atoms with Gasteiger partial charge in [0.1, 0.15) is 11.4 Å². The fraction of sp³-hybridized carbons (Fsp3) is 0.346. The number of carbonyl (C=O) groups is 2. The first-order valence-corrected chi connectivity index (χ1v) is 11.7. The van der Waals surface area contributed by atoms with Crippen LogP contribution in [0.3, 0.4) is 0 Å². The van der Waals surface area contributed by atoms with Crippen LogP contribution in [-0.4, -0.2) is 77.8 Å². The van der Waals surface area contributed by atoms with Gasteiger partial charge in [-0.3, -0.25) is 14.5 Å². The van der Waals surface area contributed by atoms with Gasteiger partial charge in [0, 0.05) is 44.5 Å². The van der Waals surface area contributed by atoms with E-state index in [9.17, 15) is 9.59 Å². The van der Waals surface area contributed by atoms with Gasteiger partial charge in [-0.25, -0.2) is 4.68 Å². The lowest BCUT2D eigenvalue weighted by molar-refractivity contribution is -0.122. The number of benzene rings is 2. The predicted molar refractivity (Wildman–Crippen MR) is 131 cm³/mol. The van der Waals surface area contributed by atoms with E-state index in [-0.39, 0.29) is 11.8 Å². The number of hydrogen-bond donors (Lipinski definition) is 1. The first-order valence-electron chi connectivity index (χ1n) is 11.7. The topological polar surface area (TPSA) is 79.7 Å². The van der Waals surface area contributed by atoms with Crippen LogP contribution in [-0.2, 0) is 4.79 Å². The Morgan fingerprint density at radius 1 is 1.03 bits per heavy atom. The van der Waals surface area contributed by atoms with Crippen LogP contribution in [0.4, 0.5) is 0 Å². The highest BCUT2D eigenvalue weighted by atomic mass is 16.5. The average Bonchev–Trinajstić information content (AvgIpc) is 3.34. The van der Waals surface area contributed by atoms with E-state index in [1.54, 1.807) is 18.0 Å². The molecule has 2 heterocycles. The standard InChI is InChI=1S/C26H31N5O3/c1-3-12-27-24(32)19-29-13-15-30(16-14-29)26(33)23-18-31(21-9-5-4-6-10-21)28-25(23)20-8-7-11-22(17-20)34-2/h4-11,17-18H,3,12-16,19H2,1-2H3,(H,27,32). The molecule has 0 atom stereocenters. The van der Waals surface area contributed by atoms with Gasteiger partial charge in [0.2, 0.25) is 5.91 Å². The molecule has 0 spiro atoms. The molecule has 0 saturated carbocycles. The van der Waals surface area contributed by atoms with Crippen molar-refractivity contribution in [3.63, 3.8) is 0 Å². The third kappa shape index (κ3) is 5.46. The molecule has 0 unspecified atom stereocenters. The molecular weight excluding hydrogens is 430 g/mol. The summed E-state index contributed by atoms with van der Waals surface area (Å²) in [6.45, 7) is 5.53. The third-order valence-corrected chi connectivity index (χ3v) is 5.91. The first-order chi connectivity index (χ1) is 16.6. The lowest BCUT2D eigenvalue weighted by Gasteiger charge is -2.34. The van der Waals surface area contributed by atoms with Gasteiger partial charge in [-0.05, 0) is 30.7 Å². The Bertz CT molecular complexity index is 1120. The summed E-state index contributed by atoms with van der Waals surface area (Å²) in [5.41, 5.74) is 2.87. The smallest absolute Gasteiger partial charge is 0.257 e. The molecule has 1 aliphatic heterocycles. The maximum atomic E-state index is 13.6. The largest absolute Gasteiger partial charge is 0.497 e. The number of para-hydroxylation sites is 1. The molecule has 8 nitrogen and oxygen atoms in total. The number of aromatic nitrogens is 2. The minimum absolute atomic E-state index is 0.0334. The van der Waals surface area contributed by atoms with Crippen molar-refractivity contribution in [2.24, 2.45) is 0 Å². The van der Waals surface area contributed by atoms with Crippen molar-refractivity contribution in [1.82, 2.24) is 24.9 Å². The fourth-order valence-electron chi connectivity index (χ4n) is 4.03. The van der Waals surface area contributed by atoms with Gasteiger partial charge in [0.25, 0.3) is 5.91 Å². The molecule has 178 valence electrons. The van der Waals surface area contributed by atoms with Gasteiger partial charge >= 0.3 is 0 Å². The second-order valence-corrected chi connectivity index (χ2v) is 8.32. The lowest BCUT2D eigenvalue weighted by Crippen LogP contribution is -2.51. The monoisotopic (exact) mass is 461 g/mol. The minimum atomic E-state index is -0.0601. The van der Waals surface area contributed by atoms with Crippen LogP contribution in [0.15, 0.2) is 60.8 Å². The van der Waals surface area contributed by atoms with E-state index in [0.717, 1.165) is 17.7 Å². The summed E-state index contributed by atoms with van der Waals surface area (Å²) >= 11 is 0. The van der Waals surface area contributed by atoms with Crippen molar-refractivity contribution < 1.29 is 14.3 Å². The van der Waals surface area contributed by atoms with Gasteiger partial charge in [0.05, 0.1) is 24.9 Å². The summed E-state index contributed by atoms with van der Waals surface area (Å²) in [7, 11) is 1.62. The van der Waals surface area contributed by atoms with Crippen LogP contribution in [0.25, 0.3) is 16.9 Å². The Kier molecular flexibility index (Phi) is 7.59. The van der Waals surface area contributed by atoms with Gasteiger partial charge < -0.3 is 15.0 Å². The molecule has 1 saturated heterocycles. The molecule has 1 fully saturated rings. The molecule has 1 aliphatic rings. The molecule has 2 amide bonds. The first kappa shape index (κ1) is 23.5. The summed E-state index contributed by atoms with van der Waals surface area (Å²) in [5, 5.41) is 7.69. The molecule has 34 heavy (non-hydrogen) atoms. The van der Waals surface area contributed by atoms with Crippen molar-refractivity contribution in [3.8, 4) is 22.7 Å². The summed E-state index contributed by atoms with van der Waals surface area (Å²) in [4.78, 5) is 29.6. The Morgan fingerprint density at radius 2 is 1.79 bits per heavy atom. The Morgan fingerprint density at radius 3 is 2.50 bits per heavy atom. The highest BCUT2D eigenvalue weighted by Crippen LogP contribution is 2.28. The van der Waals surface area contributed by atoms with E-state index in [1.807, 2.05) is 66.4 Å². The molecule has 0 radical (unpaired) electrons. The number of piperazine rings is 1. The number of hydrogen-bond acceptors (Lipinski definition) is 5. The van der Waals surface area contributed by atoms with Crippen molar-refractivity contribution in [2.45, 2.75) is 13.3 Å². The Hall–Kier alpha value is -3.65. The molecule has 1 N–H and O–H groups in total. The van der Waals surface area contributed by atoms with Gasteiger partial charge in [-0.1, -0.05) is 37.3 Å². The zero-order chi connectivity index (χ0) is 23.9. The van der Waals surface area contributed by atoms with E-state index >= 15 is 0 Å². The van der Waals surface area contributed by atoms with E-state index < -0.39 is 0 Å². The summed E-state index contributed by atoms with van der Waals surface area (Å²) in [5.74, 6) is 0.682. The molecular formula is C26H31N5O3. The summed E-state index contributed by atoms with van der Waals surface area (Å²) in [6, 6.07) is 17.3. The third-order valence-electron chi connectivity index (χ3n) is 5.91. The zero-order valence-corrected chi connectivity index (χ0v) is 19.7. The quantitative estimate of drug-likeness (QED) is 0.558. The molecule has 4 rings (SSSR count). The predicted octanol–water partition coefficient (Wildman–Crippen LogP) is 2.83. The van der Waals surface area contributed by atoms with Crippen LogP contribution >= 0.6 is 0 Å². The summed E-state index contributed by atoms with van der Waals surface area (Å²) in [6.07, 6.45) is 2.72. The molecule has 0 bridgehead atoms. The number of nitrogens with one attached hydrogen (secondary N) is 1. The molecule has 1 aromatic heterocycles. The van der Waals surface area contributed by atoms with Gasteiger partial charge in [-0.2, -0.15) is 5.10 Å². The SMILES string of the molecule is CCCNC(=O)CN1CCN(C(=O)c2cn(-c3ccccc3)nc2-c2cccc(OC)c2)CC1. The van der Waals surface area contributed by atoms with Crippen LogP contribution in [0.5, 0.6) is 5.75 Å². The van der Waals surface area contributed by atoms with Crippen molar-refractivity contribution in [3.05, 3.63) is 66.4 Å². The molecule has 8 heteroatoms. The van der Waals surface area contributed by atoms with Crippen molar-refractivity contribution >= 4 is 11.8 Å². The molecule has 2 aromatic carbocycles. The van der Waals surface area contributed by atoms with Crippen LogP contribution in [0.2, 0.25) is 0 Å². The fourth-order valence-corrected chi connectivity index (χ4v) is 4.03. The zero-order valence-electron chi connectivity index (χ0n) is 19.7. The molecule has 0 aliphatic carbocycles. The summed E-state index contributed by atoms with van der Waals surface area (Å²) < 4.78 is 7.13. The van der Waals surface area contributed by atoms with E-state index in [2.05, 4.69) is 10.2 Å². The maximum absolute atomic E-state index is 13.6. The normalized spacial score (nSPS) is 14.1. The lowest BCUT2D eigenvalue weighted by atomic mass is 10.1. The second-order valence-electron chi connectivity index (χ2n) is 8.32. The number of methoxy groups -OCH3 is 1. The van der Waals surface area contributed by atoms with Gasteiger partial charge in [0.15, 0.2) is 0 Å². The number of carbonyl (C=O) groups excluding carboxylic acids is 2. The van der Waals surface area contributed by atoms with Crippen LogP contribution in [0.1, 0.15) is 23.7 Å². The highest BCUT2D eigenvalue weighted by molar-refractivity contribution is 6.00. The molecule has 3 aromatic rings. The number of nitrogens with zero attached hydrogens (tertiary/aromatic N) is 4. The highest BCUT2D eigenvalue weighted by Gasteiger charge is 2.27. The van der Waals surface area contributed by atoms with Crippen molar-refractivity contribution in [2.75, 3.05) is 46.4 Å². The number of ether oxygens (including phenoxy) is 1. The van der Waals surface area contributed by atoms with E-state index in [1.165, 1.54) is 0 Å². The van der Waals surface area contributed by atoms with Crippen molar-refractivity contribution in [1.29, 1.82) is 0 Å². The number of amides is 2. The average molecular weight is 462 g/mol. The van der Waals surface area contributed by atoms with E-state index in [0.29, 0.717) is 56.3 Å². The maximum Gasteiger partial charge on any atom is 0.257 e. The Balaban J connectivity index is 1.55. The van der Waals surface area contributed by atoms with Crippen LogP contribution < -0.4 is 10.1 Å². The van der Waals surface area contributed by atoms with Gasteiger partial charge in [-0.15, -0.1) is 0 Å². The Labute approximate surface area is 200 Å². The second kappa shape index (κ2) is 11.0. The van der Waals surface area contributed by atoms with Crippen LogP contribution in [0, 0.1) is 0 Å².